The first-order valence-corrected chi connectivity index (χ1v) is 6.74. The summed E-state index contributed by atoms with van der Waals surface area (Å²) in [4.78, 5) is 0. The zero-order valence-corrected chi connectivity index (χ0v) is 10.6. The summed E-state index contributed by atoms with van der Waals surface area (Å²) in [6, 6.07) is 9.56. The molecule has 0 N–H and O–H groups in total. The third kappa shape index (κ3) is 2.45. The number of ether oxygens (including phenoxy) is 1. The van der Waals surface area contributed by atoms with Gasteiger partial charge in [-0.2, -0.15) is 5.10 Å². The molecule has 1 heterocycles. The van der Waals surface area contributed by atoms with Crippen molar-refractivity contribution in [1.29, 1.82) is 0 Å². The average molecular weight is 250 g/mol. The predicted octanol–water partition coefficient (Wildman–Crippen LogP) is 1.76. The number of hydrogen-bond donors (Lipinski definition) is 0. The zero-order chi connectivity index (χ0) is 12.3. The summed E-state index contributed by atoms with van der Waals surface area (Å²) in [6.07, 6.45) is 3.30. The van der Waals surface area contributed by atoms with Crippen LogP contribution in [-0.2, 0) is 22.1 Å². The van der Waals surface area contributed by atoms with E-state index in [1.807, 2.05) is 24.3 Å². The molecule has 0 aliphatic rings. The fourth-order valence-electron chi connectivity index (χ4n) is 1.68. The van der Waals surface area contributed by atoms with Crippen LogP contribution in [0.3, 0.4) is 0 Å². The molecule has 0 saturated heterocycles. The second kappa shape index (κ2) is 5.25. The number of benzene rings is 1. The fraction of sp³-hybridized carbons (Fsp3) is 0.250. The third-order valence-corrected chi connectivity index (χ3v) is 3.32. The third-order valence-electron chi connectivity index (χ3n) is 2.42. The lowest BCUT2D eigenvalue weighted by Gasteiger charge is -2.10. The van der Waals surface area contributed by atoms with Crippen LogP contribution in [0.2, 0.25) is 0 Å². The molecule has 0 bridgehead atoms. The molecule has 1 unspecified atom stereocenters. The summed E-state index contributed by atoms with van der Waals surface area (Å²) in [6.45, 7) is 0.506. The number of nitrogens with zero attached hydrogens (tertiary/aromatic N) is 2. The highest BCUT2D eigenvalue weighted by Crippen LogP contribution is 2.18. The first-order chi connectivity index (χ1) is 8.24. The van der Waals surface area contributed by atoms with E-state index in [1.165, 1.54) is 0 Å². The summed E-state index contributed by atoms with van der Waals surface area (Å²) in [5.74, 6) is 0. The Hall–Kier alpha value is -1.46. The van der Waals surface area contributed by atoms with Crippen LogP contribution < -0.4 is 0 Å². The summed E-state index contributed by atoms with van der Waals surface area (Å²) >= 11 is 0. The van der Waals surface area contributed by atoms with E-state index in [2.05, 4.69) is 5.10 Å². The van der Waals surface area contributed by atoms with Gasteiger partial charge in [0, 0.05) is 18.9 Å². The molecule has 0 saturated carbocycles. The van der Waals surface area contributed by atoms with E-state index >= 15 is 0 Å². The van der Waals surface area contributed by atoms with Gasteiger partial charge in [0.1, 0.15) is 5.03 Å². The van der Waals surface area contributed by atoms with Crippen LogP contribution in [0.5, 0.6) is 0 Å². The van der Waals surface area contributed by atoms with E-state index in [1.54, 1.807) is 30.3 Å². The number of aromatic nitrogens is 2. The van der Waals surface area contributed by atoms with E-state index in [0.717, 1.165) is 11.3 Å². The lowest BCUT2D eigenvalue weighted by molar-refractivity contribution is 0.184. The van der Waals surface area contributed by atoms with Crippen molar-refractivity contribution in [2.45, 2.75) is 11.6 Å². The Morgan fingerprint density at radius 3 is 2.82 bits per heavy atom. The highest BCUT2D eigenvalue weighted by Gasteiger charge is 2.11. The van der Waals surface area contributed by atoms with Crippen molar-refractivity contribution in [2.75, 3.05) is 13.4 Å². The maximum Gasteiger partial charge on any atom is 0.130 e. The Morgan fingerprint density at radius 1 is 1.35 bits per heavy atom. The highest BCUT2D eigenvalue weighted by molar-refractivity contribution is 7.84. The van der Waals surface area contributed by atoms with Gasteiger partial charge in [0.15, 0.2) is 0 Å². The van der Waals surface area contributed by atoms with Gasteiger partial charge in [0.25, 0.3) is 0 Å². The summed E-state index contributed by atoms with van der Waals surface area (Å²) < 4.78 is 18.4. The quantitative estimate of drug-likeness (QED) is 0.830. The molecule has 0 spiro atoms. The van der Waals surface area contributed by atoms with Crippen LogP contribution in [0.1, 0.15) is 5.56 Å². The molecule has 1 atom stereocenters. The Morgan fingerprint density at radius 2 is 2.12 bits per heavy atom. The molecule has 0 fully saturated rings. The zero-order valence-electron chi connectivity index (χ0n) is 9.79. The van der Waals surface area contributed by atoms with E-state index in [0.29, 0.717) is 11.6 Å². The molecule has 0 aliphatic carbocycles. The molecule has 4 nitrogen and oxygen atoms in total. The minimum Gasteiger partial charge on any atom is -0.380 e. The van der Waals surface area contributed by atoms with Gasteiger partial charge in [-0.15, -0.1) is 0 Å². The lowest BCUT2D eigenvalue weighted by atomic mass is 10.2. The average Bonchev–Trinajstić information content (AvgIpc) is 2.79. The van der Waals surface area contributed by atoms with E-state index in [9.17, 15) is 4.21 Å². The standard InChI is InChI=1S/C12H14N2O2S/c1-16-9-10-5-3-4-6-11(10)14-12(17(2)15)7-8-13-14/h3-8H,9H2,1-2H3. The van der Waals surface area contributed by atoms with Gasteiger partial charge < -0.3 is 4.74 Å². The van der Waals surface area contributed by atoms with Gasteiger partial charge in [0.2, 0.25) is 0 Å². The van der Waals surface area contributed by atoms with Crippen LogP contribution in [0, 0.1) is 0 Å². The van der Waals surface area contributed by atoms with Crippen molar-refractivity contribution in [2.24, 2.45) is 0 Å². The van der Waals surface area contributed by atoms with Crippen molar-refractivity contribution < 1.29 is 8.95 Å². The van der Waals surface area contributed by atoms with Gasteiger partial charge in [-0.25, -0.2) is 4.68 Å². The molecule has 1 aromatic heterocycles. The van der Waals surface area contributed by atoms with Crippen LogP contribution in [0.15, 0.2) is 41.6 Å². The van der Waals surface area contributed by atoms with E-state index < -0.39 is 10.8 Å². The van der Waals surface area contributed by atoms with Crippen molar-refractivity contribution >= 4 is 10.8 Å². The minimum atomic E-state index is -1.06. The molecular formula is C12H14N2O2S. The Labute approximate surface area is 103 Å². The Balaban J connectivity index is 2.52. The van der Waals surface area contributed by atoms with Crippen molar-refractivity contribution in [1.82, 2.24) is 9.78 Å². The van der Waals surface area contributed by atoms with Crippen molar-refractivity contribution in [3.8, 4) is 5.69 Å². The van der Waals surface area contributed by atoms with Crippen molar-refractivity contribution in [3.05, 3.63) is 42.1 Å². The molecule has 90 valence electrons. The second-order valence-electron chi connectivity index (χ2n) is 3.60. The molecule has 0 radical (unpaired) electrons. The number of rotatable bonds is 4. The Bertz CT molecular complexity index is 537. The minimum absolute atomic E-state index is 0.506. The maximum absolute atomic E-state index is 11.6. The fourth-order valence-corrected chi connectivity index (χ4v) is 2.33. The monoisotopic (exact) mass is 250 g/mol. The van der Waals surface area contributed by atoms with Crippen LogP contribution >= 0.6 is 0 Å². The number of para-hydroxylation sites is 1. The van der Waals surface area contributed by atoms with Gasteiger partial charge >= 0.3 is 0 Å². The first kappa shape index (κ1) is 12.0. The molecule has 5 heteroatoms. The van der Waals surface area contributed by atoms with Gasteiger partial charge in [-0.05, 0) is 12.1 Å². The molecule has 17 heavy (non-hydrogen) atoms. The summed E-state index contributed by atoms with van der Waals surface area (Å²) in [5.41, 5.74) is 1.93. The van der Waals surface area contributed by atoms with Crippen LogP contribution in [-0.4, -0.2) is 27.4 Å². The van der Waals surface area contributed by atoms with Gasteiger partial charge in [-0.1, -0.05) is 18.2 Å². The molecule has 2 rings (SSSR count). The van der Waals surface area contributed by atoms with E-state index in [4.69, 9.17) is 4.74 Å². The molecule has 1 aromatic carbocycles. The SMILES string of the molecule is COCc1ccccc1-n1nccc1S(C)=O. The summed E-state index contributed by atoms with van der Waals surface area (Å²) in [5, 5.41) is 4.91. The number of hydrogen-bond acceptors (Lipinski definition) is 3. The molecular weight excluding hydrogens is 236 g/mol. The number of methoxy groups -OCH3 is 1. The van der Waals surface area contributed by atoms with Crippen LogP contribution in [0.25, 0.3) is 5.69 Å². The topological polar surface area (TPSA) is 44.1 Å². The highest BCUT2D eigenvalue weighted by atomic mass is 32.2. The normalized spacial score (nSPS) is 12.6. The maximum atomic E-state index is 11.6. The van der Waals surface area contributed by atoms with E-state index in [-0.39, 0.29) is 0 Å². The van der Waals surface area contributed by atoms with Crippen LogP contribution in [0.4, 0.5) is 0 Å². The predicted molar refractivity (Wildman–Crippen MR) is 66.6 cm³/mol. The summed E-state index contributed by atoms with van der Waals surface area (Å²) in [7, 11) is 0.589. The lowest BCUT2D eigenvalue weighted by Crippen LogP contribution is -2.06. The first-order valence-electron chi connectivity index (χ1n) is 5.18. The van der Waals surface area contributed by atoms with Gasteiger partial charge in [-0.3, -0.25) is 4.21 Å². The molecule has 0 amide bonds. The van der Waals surface area contributed by atoms with Gasteiger partial charge in [0.05, 0.1) is 29.3 Å². The smallest absolute Gasteiger partial charge is 0.130 e. The molecule has 0 aliphatic heterocycles. The largest absolute Gasteiger partial charge is 0.380 e. The Kier molecular flexibility index (Phi) is 3.71. The second-order valence-corrected chi connectivity index (χ2v) is 4.92. The molecule has 2 aromatic rings. The van der Waals surface area contributed by atoms with Crippen molar-refractivity contribution in [3.63, 3.8) is 0 Å².